The van der Waals surface area contributed by atoms with E-state index in [2.05, 4.69) is 15.6 Å². The number of nitrogens with zero attached hydrogens (tertiary/aromatic N) is 3. The molecule has 37 heavy (non-hydrogen) atoms. The molecule has 2 amide bonds. The number of aromatic nitrogens is 3. The number of rotatable bonds is 13. The quantitative estimate of drug-likeness (QED) is 0.261. The summed E-state index contributed by atoms with van der Waals surface area (Å²) in [6.45, 7) is -1.41. The molecule has 0 saturated heterocycles. The number of carbonyl (C=O) groups is 2. The molecule has 3 aromatic rings. The first-order valence-electron chi connectivity index (χ1n) is 11.7. The van der Waals surface area contributed by atoms with Gasteiger partial charge in [-0.1, -0.05) is 29.8 Å². The predicted octanol–water partition coefficient (Wildman–Crippen LogP) is 4.05. The average molecular weight is 522 g/mol. The second-order valence-corrected chi connectivity index (χ2v) is 8.06. The van der Waals surface area contributed by atoms with Gasteiger partial charge in [0.25, 0.3) is 11.8 Å². The Morgan fingerprint density at radius 3 is 2.32 bits per heavy atom. The molecule has 0 radical (unpaired) electrons. The third kappa shape index (κ3) is 8.58. The van der Waals surface area contributed by atoms with E-state index in [4.69, 9.17) is 4.74 Å². The van der Waals surface area contributed by atoms with E-state index < -0.39 is 31.2 Å². The maximum atomic E-state index is 12.8. The fourth-order valence-electron chi connectivity index (χ4n) is 3.44. The van der Waals surface area contributed by atoms with Crippen LogP contribution in [0, 0.1) is 0 Å². The van der Waals surface area contributed by atoms with Crippen LogP contribution < -0.4 is 15.4 Å². The molecule has 1 heterocycles. The lowest BCUT2D eigenvalue weighted by Gasteiger charge is -2.11. The van der Waals surface area contributed by atoms with Crippen molar-refractivity contribution in [2.45, 2.75) is 31.9 Å². The molecule has 3 rings (SSSR count). The first kappa shape index (κ1) is 27.6. The Morgan fingerprint density at radius 1 is 0.919 bits per heavy atom. The number of benzene rings is 2. The van der Waals surface area contributed by atoms with Crippen molar-refractivity contribution in [1.82, 2.24) is 25.6 Å². The second kappa shape index (κ2) is 13.4. The first-order valence-corrected chi connectivity index (χ1v) is 11.7. The molecule has 0 aliphatic carbocycles. The van der Waals surface area contributed by atoms with Crippen molar-refractivity contribution < 1.29 is 31.9 Å². The fourth-order valence-corrected chi connectivity index (χ4v) is 3.44. The van der Waals surface area contributed by atoms with Gasteiger partial charge in [-0.2, -0.15) is 13.2 Å². The lowest BCUT2D eigenvalue weighted by molar-refractivity contribution is -0.123. The summed E-state index contributed by atoms with van der Waals surface area (Å²) in [6, 6.07) is 14.8. The van der Waals surface area contributed by atoms with Crippen molar-refractivity contribution in [2.24, 2.45) is 0 Å². The van der Waals surface area contributed by atoms with Crippen LogP contribution in [0.2, 0.25) is 0 Å². The number of para-hydroxylation sites is 1. The molecule has 0 saturated carbocycles. The lowest BCUT2D eigenvalue weighted by Crippen LogP contribution is -2.33. The smallest absolute Gasteiger partial charge is 0.405 e. The minimum absolute atomic E-state index is 0.0361. The van der Waals surface area contributed by atoms with E-state index in [1.807, 2.05) is 23.5 Å². The maximum absolute atomic E-state index is 12.8. The van der Waals surface area contributed by atoms with Crippen LogP contribution in [0.5, 0.6) is 5.75 Å². The largest absolute Gasteiger partial charge is 0.492 e. The van der Waals surface area contributed by atoms with E-state index >= 15 is 0 Å². The van der Waals surface area contributed by atoms with E-state index in [9.17, 15) is 27.2 Å². The van der Waals surface area contributed by atoms with Gasteiger partial charge in [0.15, 0.2) is 5.69 Å². The molecule has 2 N–H and O–H groups in total. The standard InChI is InChI=1S/C25H27F4N5O3/c26-14-6-2-5-9-21-22(24(36)30-15-16-37-20-7-3-1-4-8-20)32-33-34(21)19-12-10-18(11-13-19)23(35)31-17-25(27,28)29/h1,3-4,7-8,10-13H,2,5-6,9,14-17H2,(H,30,36)(H,31,35). The van der Waals surface area contributed by atoms with Crippen LogP contribution in [-0.4, -0.2) is 59.4 Å². The normalized spacial score (nSPS) is 11.2. The molecule has 0 fully saturated rings. The van der Waals surface area contributed by atoms with Crippen LogP contribution in [0.15, 0.2) is 54.6 Å². The van der Waals surface area contributed by atoms with Gasteiger partial charge < -0.3 is 15.4 Å². The summed E-state index contributed by atoms with van der Waals surface area (Å²) in [5.41, 5.74) is 1.10. The van der Waals surface area contributed by atoms with Crippen LogP contribution >= 0.6 is 0 Å². The van der Waals surface area contributed by atoms with Crippen LogP contribution in [0.1, 0.15) is 45.8 Å². The highest BCUT2D eigenvalue weighted by Crippen LogP contribution is 2.18. The molecular formula is C25H27F4N5O3. The first-order chi connectivity index (χ1) is 17.8. The Morgan fingerprint density at radius 2 is 1.65 bits per heavy atom. The molecule has 2 aromatic carbocycles. The van der Waals surface area contributed by atoms with Crippen molar-refractivity contribution in [3.8, 4) is 11.4 Å². The van der Waals surface area contributed by atoms with E-state index in [0.717, 1.165) is 0 Å². The minimum Gasteiger partial charge on any atom is -0.492 e. The van der Waals surface area contributed by atoms with Gasteiger partial charge in [-0.15, -0.1) is 5.10 Å². The summed E-state index contributed by atoms with van der Waals surface area (Å²) in [5.74, 6) is -0.648. The van der Waals surface area contributed by atoms with Crippen LogP contribution in [-0.2, 0) is 6.42 Å². The number of halogens is 4. The Labute approximate surface area is 211 Å². The molecule has 0 bridgehead atoms. The highest BCUT2D eigenvalue weighted by molar-refractivity contribution is 5.94. The van der Waals surface area contributed by atoms with Gasteiger partial charge in [-0.05, 0) is 55.7 Å². The third-order valence-electron chi connectivity index (χ3n) is 5.25. The fraction of sp³-hybridized carbons (Fsp3) is 0.360. The number of nitrogens with one attached hydrogen (secondary N) is 2. The van der Waals surface area contributed by atoms with Gasteiger partial charge in [0.1, 0.15) is 18.9 Å². The molecule has 12 heteroatoms. The van der Waals surface area contributed by atoms with Crippen molar-refractivity contribution in [2.75, 3.05) is 26.4 Å². The zero-order chi connectivity index (χ0) is 26.7. The lowest BCUT2D eigenvalue weighted by atomic mass is 10.1. The Kier molecular flexibility index (Phi) is 9.99. The summed E-state index contributed by atoms with van der Waals surface area (Å²) < 4.78 is 56.6. The molecule has 8 nitrogen and oxygen atoms in total. The van der Waals surface area contributed by atoms with Crippen LogP contribution in [0.4, 0.5) is 17.6 Å². The van der Waals surface area contributed by atoms with Crippen molar-refractivity contribution in [1.29, 1.82) is 0 Å². The van der Waals surface area contributed by atoms with Crippen LogP contribution in [0.3, 0.4) is 0 Å². The van der Waals surface area contributed by atoms with Gasteiger partial charge in [-0.25, -0.2) is 4.68 Å². The summed E-state index contributed by atoms with van der Waals surface area (Å²) in [6.07, 6.45) is -2.54. The Bertz CT molecular complexity index is 1150. The van der Waals surface area contributed by atoms with E-state index in [-0.39, 0.29) is 24.4 Å². The Hall–Kier alpha value is -3.96. The van der Waals surface area contributed by atoms with E-state index in [0.29, 0.717) is 42.8 Å². The minimum atomic E-state index is -4.52. The Balaban J connectivity index is 1.69. The van der Waals surface area contributed by atoms with E-state index in [1.54, 1.807) is 12.1 Å². The van der Waals surface area contributed by atoms with Crippen molar-refractivity contribution in [3.63, 3.8) is 0 Å². The number of hydrogen-bond acceptors (Lipinski definition) is 5. The second-order valence-electron chi connectivity index (χ2n) is 8.06. The molecule has 0 aliphatic rings. The van der Waals surface area contributed by atoms with Gasteiger partial charge in [0.2, 0.25) is 0 Å². The highest BCUT2D eigenvalue weighted by Gasteiger charge is 2.28. The predicted molar refractivity (Wildman–Crippen MR) is 128 cm³/mol. The van der Waals surface area contributed by atoms with Gasteiger partial charge in [0.05, 0.1) is 24.6 Å². The summed E-state index contributed by atoms with van der Waals surface area (Å²) in [7, 11) is 0. The van der Waals surface area contributed by atoms with Crippen molar-refractivity contribution in [3.05, 3.63) is 71.5 Å². The van der Waals surface area contributed by atoms with Gasteiger partial charge in [-0.3, -0.25) is 14.0 Å². The van der Waals surface area contributed by atoms with Gasteiger partial charge in [0, 0.05) is 5.56 Å². The average Bonchev–Trinajstić information content (AvgIpc) is 3.32. The molecule has 1 aromatic heterocycles. The SMILES string of the molecule is O=C(NCC(F)(F)F)c1ccc(-n2nnc(C(=O)NCCOc3ccccc3)c2CCCCCF)cc1. The molecule has 0 aliphatic heterocycles. The summed E-state index contributed by atoms with van der Waals surface area (Å²) >= 11 is 0. The highest BCUT2D eigenvalue weighted by atomic mass is 19.4. The summed E-state index contributed by atoms with van der Waals surface area (Å²) in [4.78, 5) is 24.8. The number of hydrogen-bond donors (Lipinski definition) is 2. The van der Waals surface area contributed by atoms with Crippen LogP contribution in [0.25, 0.3) is 5.69 Å². The molecular weight excluding hydrogens is 494 g/mol. The molecule has 198 valence electrons. The molecule has 0 spiro atoms. The number of unbranched alkanes of at least 4 members (excludes halogenated alkanes) is 2. The maximum Gasteiger partial charge on any atom is 0.405 e. The number of carbonyl (C=O) groups excluding carboxylic acids is 2. The van der Waals surface area contributed by atoms with Gasteiger partial charge >= 0.3 is 6.18 Å². The monoisotopic (exact) mass is 521 g/mol. The molecule has 0 atom stereocenters. The topological polar surface area (TPSA) is 98.1 Å². The summed E-state index contributed by atoms with van der Waals surface area (Å²) in [5, 5.41) is 12.7. The van der Waals surface area contributed by atoms with E-state index in [1.165, 1.54) is 28.9 Å². The zero-order valence-corrected chi connectivity index (χ0v) is 19.9. The number of ether oxygens (including phenoxy) is 1. The zero-order valence-electron chi connectivity index (χ0n) is 19.9. The molecule has 0 unspecified atom stereocenters. The number of amides is 2. The van der Waals surface area contributed by atoms with Crippen molar-refractivity contribution >= 4 is 11.8 Å². The third-order valence-corrected chi connectivity index (χ3v) is 5.25. The number of alkyl halides is 4.